The molecule has 1 fully saturated rings. The molecule has 0 aromatic carbocycles. The third kappa shape index (κ3) is 1.57. The van der Waals surface area contributed by atoms with Crippen LogP contribution in [0.2, 0.25) is 0 Å². The molecule has 0 bridgehead atoms. The molecule has 2 aliphatic rings. The van der Waals surface area contributed by atoms with E-state index in [9.17, 15) is 0 Å². The molecule has 0 aromatic rings. The highest BCUT2D eigenvalue weighted by Gasteiger charge is 2.45. The number of fused-ring (bicyclic) bond motifs is 1. The van der Waals surface area contributed by atoms with Gasteiger partial charge in [0.25, 0.3) is 0 Å². The fourth-order valence-corrected chi connectivity index (χ4v) is 3.39. The van der Waals surface area contributed by atoms with E-state index in [0.29, 0.717) is 11.0 Å². The van der Waals surface area contributed by atoms with E-state index in [1.54, 1.807) is 0 Å². The Morgan fingerprint density at radius 2 is 2.14 bits per heavy atom. The van der Waals surface area contributed by atoms with Gasteiger partial charge in [0.2, 0.25) is 0 Å². The largest absolute Gasteiger partial charge is 0.369 e. The van der Waals surface area contributed by atoms with Crippen LogP contribution in [0.5, 0.6) is 0 Å². The molecule has 2 heterocycles. The molecular formula is C13H23N. The zero-order chi connectivity index (χ0) is 10.4. The Labute approximate surface area is 88.2 Å². The molecule has 0 amide bonds. The smallest absolute Gasteiger partial charge is 0.0439 e. The topological polar surface area (TPSA) is 3.24 Å². The fourth-order valence-electron chi connectivity index (χ4n) is 3.39. The lowest BCUT2D eigenvalue weighted by Gasteiger charge is -2.40. The molecule has 0 aromatic heterocycles. The van der Waals surface area contributed by atoms with E-state index in [-0.39, 0.29) is 0 Å². The van der Waals surface area contributed by atoms with Crippen LogP contribution in [0.4, 0.5) is 0 Å². The summed E-state index contributed by atoms with van der Waals surface area (Å²) in [5, 5.41) is 0. The van der Waals surface area contributed by atoms with Crippen LogP contribution >= 0.6 is 0 Å². The van der Waals surface area contributed by atoms with E-state index in [2.05, 4.69) is 38.7 Å². The molecule has 80 valence electrons. The van der Waals surface area contributed by atoms with Crippen LogP contribution in [-0.2, 0) is 0 Å². The van der Waals surface area contributed by atoms with Gasteiger partial charge < -0.3 is 4.90 Å². The Morgan fingerprint density at radius 3 is 2.79 bits per heavy atom. The zero-order valence-corrected chi connectivity index (χ0v) is 10.1. The van der Waals surface area contributed by atoms with Crippen molar-refractivity contribution in [1.82, 2.24) is 4.90 Å². The summed E-state index contributed by atoms with van der Waals surface area (Å²) in [6.07, 6.45) is 7.86. The lowest BCUT2D eigenvalue weighted by Crippen LogP contribution is -2.41. The van der Waals surface area contributed by atoms with Crippen LogP contribution in [0.1, 0.15) is 53.4 Å². The van der Waals surface area contributed by atoms with Crippen LogP contribution in [0, 0.1) is 5.41 Å². The maximum atomic E-state index is 2.66. The number of hydrogen-bond acceptors (Lipinski definition) is 1. The summed E-state index contributed by atoms with van der Waals surface area (Å²) in [6, 6.07) is 0. The summed E-state index contributed by atoms with van der Waals surface area (Å²) in [4.78, 5) is 2.66. The molecule has 1 unspecified atom stereocenters. The minimum atomic E-state index is 0.459. The molecule has 0 saturated carbocycles. The van der Waals surface area contributed by atoms with Gasteiger partial charge in [-0.2, -0.15) is 0 Å². The van der Waals surface area contributed by atoms with E-state index in [1.807, 2.05) is 0 Å². The molecule has 1 heteroatoms. The van der Waals surface area contributed by atoms with Gasteiger partial charge in [0.05, 0.1) is 0 Å². The summed E-state index contributed by atoms with van der Waals surface area (Å²) in [7, 11) is 0. The highest BCUT2D eigenvalue weighted by molar-refractivity contribution is 5.19. The number of rotatable bonds is 1. The molecule has 0 N–H and O–H groups in total. The van der Waals surface area contributed by atoms with E-state index < -0.39 is 0 Å². The van der Waals surface area contributed by atoms with Crippen molar-refractivity contribution in [2.24, 2.45) is 5.41 Å². The summed E-state index contributed by atoms with van der Waals surface area (Å²) in [5.74, 6) is 0. The Balaban J connectivity index is 2.17. The van der Waals surface area contributed by atoms with Crippen molar-refractivity contribution in [3.63, 3.8) is 0 Å². The fraction of sp³-hybridized carbons (Fsp3) is 0.846. The summed E-state index contributed by atoms with van der Waals surface area (Å²) < 4.78 is 0. The average Bonchev–Trinajstić information content (AvgIpc) is 2.50. The highest BCUT2D eigenvalue weighted by Crippen LogP contribution is 2.47. The minimum absolute atomic E-state index is 0.459. The van der Waals surface area contributed by atoms with Gasteiger partial charge in [-0.1, -0.05) is 26.8 Å². The van der Waals surface area contributed by atoms with E-state index in [4.69, 9.17) is 0 Å². The molecule has 1 saturated heterocycles. The predicted molar refractivity (Wildman–Crippen MR) is 61.1 cm³/mol. The van der Waals surface area contributed by atoms with Crippen LogP contribution in [0.15, 0.2) is 11.8 Å². The molecule has 1 nitrogen and oxygen atoms in total. The maximum absolute atomic E-state index is 2.66. The summed E-state index contributed by atoms with van der Waals surface area (Å²) in [5.41, 5.74) is 2.48. The first-order valence-corrected chi connectivity index (χ1v) is 5.87. The van der Waals surface area contributed by atoms with Gasteiger partial charge in [-0.15, -0.1) is 0 Å². The van der Waals surface area contributed by atoms with Gasteiger partial charge in [-0.25, -0.2) is 0 Å². The van der Waals surface area contributed by atoms with Crippen molar-refractivity contribution >= 4 is 0 Å². The predicted octanol–water partition coefficient (Wildman–Crippen LogP) is 3.56. The highest BCUT2D eigenvalue weighted by atomic mass is 15.2. The molecular weight excluding hydrogens is 170 g/mol. The van der Waals surface area contributed by atoms with E-state index >= 15 is 0 Å². The van der Waals surface area contributed by atoms with Crippen LogP contribution in [0.3, 0.4) is 0 Å². The normalized spacial score (nSPS) is 32.0. The van der Waals surface area contributed by atoms with E-state index in [0.717, 1.165) is 0 Å². The number of allylic oxidation sites excluding steroid dienone is 1. The molecule has 14 heavy (non-hydrogen) atoms. The van der Waals surface area contributed by atoms with Gasteiger partial charge in [0.1, 0.15) is 0 Å². The third-order valence-corrected chi connectivity index (χ3v) is 3.66. The molecule has 0 aliphatic carbocycles. The second-order valence-electron chi connectivity index (χ2n) is 6.27. The molecule has 2 aliphatic heterocycles. The summed E-state index contributed by atoms with van der Waals surface area (Å²) >= 11 is 0. The SMILES string of the molecule is CC1=CCC2(CC(C)(C)C)CCCN12. The van der Waals surface area contributed by atoms with Crippen LogP contribution in [0.25, 0.3) is 0 Å². The first-order valence-electron chi connectivity index (χ1n) is 5.87. The number of hydrogen-bond donors (Lipinski definition) is 0. The van der Waals surface area contributed by atoms with Crippen LogP contribution < -0.4 is 0 Å². The lowest BCUT2D eigenvalue weighted by molar-refractivity contribution is 0.138. The molecule has 0 spiro atoms. The Kier molecular flexibility index (Phi) is 2.17. The Bertz CT molecular complexity index is 259. The van der Waals surface area contributed by atoms with Gasteiger partial charge in [-0.3, -0.25) is 0 Å². The Hall–Kier alpha value is -0.460. The van der Waals surface area contributed by atoms with Gasteiger partial charge in [0, 0.05) is 17.8 Å². The van der Waals surface area contributed by atoms with E-state index in [1.165, 1.54) is 37.9 Å². The summed E-state index contributed by atoms with van der Waals surface area (Å²) in [6.45, 7) is 10.7. The van der Waals surface area contributed by atoms with Crippen molar-refractivity contribution in [2.75, 3.05) is 6.54 Å². The first kappa shape index (κ1) is 10.1. The number of nitrogens with zero attached hydrogens (tertiary/aromatic N) is 1. The van der Waals surface area contributed by atoms with Crippen molar-refractivity contribution in [3.05, 3.63) is 11.8 Å². The monoisotopic (exact) mass is 193 g/mol. The molecule has 0 radical (unpaired) electrons. The quantitative estimate of drug-likeness (QED) is 0.615. The van der Waals surface area contributed by atoms with Crippen molar-refractivity contribution in [2.45, 2.75) is 58.9 Å². The Morgan fingerprint density at radius 1 is 1.43 bits per heavy atom. The third-order valence-electron chi connectivity index (χ3n) is 3.66. The van der Waals surface area contributed by atoms with Crippen molar-refractivity contribution in [1.29, 1.82) is 0 Å². The lowest BCUT2D eigenvalue weighted by atomic mass is 9.77. The molecule has 2 rings (SSSR count). The second-order valence-corrected chi connectivity index (χ2v) is 6.27. The van der Waals surface area contributed by atoms with Crippen molar-refractivity contribution < 1.29 is 0 Å². The minimum Gasteiger partial charge on any atom is -0.369 e. The standard InChI is InChI=1S/C13H23N/c1-11-6-8-13(10-12(2,3)4)7-5-9-14(11)13/h6H,5,7-10H2,1-4H3. The first-order chi connectivity index (χ1) is 6.43. The van der Waals surface area contributed by atoms with Crippen molar-refractivity contribution in [3.8, 4) is 0 Å². The average molecular weight is 193 g/mol. The van der Waals surface area contributed by atoms with Crippen LogP contribution in [-0.4, -0.2) is 17.0 Å². The zero-order valence-electron chi connectivity index (χ0n) is 10.1. The van der Waals surface area contributed by atoms with Gasteiger partial charge in [-0.05, 0) is 38.0 Å². The van der Waals surface area contributed by atoms with Gasteiger partial charge >= 0.3 is 0 Å². The maximum Gasteiger partial charge on any atom is 0.0439 e. The second kappa shape index (κ2) is 3.01. The van der Waals surface area contributed by atoms with Gasteiger partial charge in [0.15, 0.2) is 0 Å². The molecule has 1 atom stereocenters.